The first-order valence-corrected chi connectivity index (χ1v) is 29.8. The molecule has 0 N–H and O–H groups in total. The van der Waals surface area contributed by atoms with Crippen LogP contribution in [-0.4, -0.2) is 11.3 Å². The average Bonchev–Trinajstić information content (AvgIpc) is 3.61. The normalized spacial score (nSPS) is 18.6. The third kappa shape index (κ3) is 7.48. The summed E-state index contributed by atoms with van der Waals surface area (Å²) in [7, 11) is 0. The molecule has 13 rings (SSSR count). The third-order valence-electron chi connectivity index (χ3n) is 18.9. The Balaban J connectivity index is 1.23. The van der Waals surface area contributed by atoms with Gasteiger partial charge < -0.3 is 4.90 Å². The number of aryl methyl sites for hydroxylation is 2. The Labute approximate surface area is 464 Å². The number of hydrogen-bond acceptors (Lipinski definition) is 3. The Morgan fingerprint density at radius 1 is 0.545 bits per heavy atom. The van der Waals surface area contributed by atoms with Crippen molar-refractivity contribution in [3.63, 3.8) is 0 Å². The Morgan fingerprint density at radius 3 is 1.75 bits per heavy atom. The number of thiophene rings is 1. The van der Waals surface area contributed by atoms with Gasteiger partial charge in [-0.3, -0.25) is 9.47 Å². The summed E-state index contributed by atoms with van der Waals surface area (Å²) in [4.78, 5) is 5.44. The molecule has 4 aliphatic rings. The van der Waals surface area contributed by atoms with Crippen molar-refractivity contribution in [2.24, 2.45) is 0 Å². The highest BCUT2D eigenvalue weighted by molar-refractivity contribution is 7.34. The number of anilines is 6. The lowest BCUT2D eigenvalue weighted by molar-refractivity contribution is 0.484. The highest BCUT2D eigenvalue weighted by atomic mass is 32.1. The number of fused-ring (bicyclic) bond motifs is 13. The molecule has 77 heavy (non-hydrogen) atoms. The molecule has 1 fully saturated rings. The molecule has 4 heterocycles. The van der Waals surface area contributed by atoms with Crippen LogP contribution in [0.25, 0.3) is 37.8 Å². The molecular formula is C72H78BN3S. The van der Waals surface area contributed by atoms with E-state index in [1.807, 2.05) is 11.3 Å². The molecule has 2 aromatic heterocycles. The van der Waals surface area contributed by atoms with Gasteiger partial charge in [0.1, 0.15) is 5.82 Å². The summed E-state index contributed by atoms with van der Waals surface area (Å²) < 4.78 is 5.62. The molecule has 0 radical (unpaired) electrons. The maximum Gasteiger partial charge on any atom is 0.267 e. The van der Waals surface area contributed by atoms with Gasteiger partial charge in [0.05, 0.1) is 22.6 Å². The van der Waals surface area contributed by atoms with Crippen molar-refractivity contribution < 1.29 is 0 Å². The summed E-state index contributed by atoms with van der Waals surface area (Å²) >= 11 is 2.03. The molecule has 2 bridgehead atoms. The van der Waals surface area contributed by atoms with Crippen molar-refractivity contribution in [2.75, 3.05) is 9.80 Å². The maximum absolute atomic E-state index is 2.84. The van der Waals surface area contributed by atoms with Gasteiger partial charge in [-0.2, -0.15) is 0 Å². The molecule has 7 aromatic carbocycles. The molecule has 390 valence electrons. The van der Waals surface area contributed by atoms with E-state index in [9.17, 15) is 0 Å². The maximum atomic E-state index is 2.84. The molecule has 0 spiro atoms. The zero-order valence-electron chi connectivity index (χ0n) is 48.8. The van der Waals surface area contributed by atoms with Crippen molar-refractivity contribution in [1.82, 2.24) is 4.57 Å². The molecule has 3 nitrogen and oxygen atoms in total. The fourth-order valence-electron chi connectivity index (χ4n) is 14.7. The Bertz CT molecular complexity index is 3880. The number of benzene rings is 7. The molecule has 0 amide bonds. The van der Waals surface area contributed by atoms with Crippen molar-refractivity contribution in [1.29, 1.82) is 0 Å². The first kappa shape index (κ1) is 50.2. The van der Waals surface area contributed by atoms with Crippen LogP contribution in [0.1, 0.15) is 184 Å². The van der Waals surface area contributed by atoms with Crippen LogP contribution in [-0.2, 0) is 21.7 Å². The van der Waals surface area contributed by atoms with E-state index in [0.717, 1.165) is 0 Å². The first-order valence-electron chi connectivity index (χ1n) is 29.0. The second-order valence-electron chi connectivity index (χ2n) is 27.6. The van der Waals surface area contributed by atoms with Gasteiger partial charge in [-0.05, 0) is 211 Å². The lowest BCUT2D eigenvalue weighted by Crippen LogP contribution is -2.60. The topological polar surface area (TPSA) is 11.4 Å². The summed E-state index contributed by atoms with van der Waals surface area (Å²) in [5.74, 6) is 2.28. The fraction of sp³-hybridized carbons (Fsp3) is 0.361. The summed E-state index contributed by atoms with van der Waals surface area (Å²) in [5.41, 5.74) is 27.3. The minimum atomic E-state index is -0.0324. The van der Waals surface area contributed by atoms with Crippen molar-refractivity contribution >= 4 is 89.0 Å². The Morgan fingerprint density at radius 2 is 1.16 bits per heavy atom. The largest absolute Gasteiger partial charge is 0.310 e. The summed E-state index contributed by atoms with van der Waals surface area (Å²) in [6.45, 7) is 38.3. The molecule has 2 aliphatic heterocycles. The molecule has 5 heteroatoms. The lowest BCUT2D eigenvalue weighted by Gasteiger charge is -2.43. The third-order valence-corrected chi connectivity index (χ3v) is 20.1. The second kappa shape index (κ2) is 17.1. The Hall–Kier alpha value is -6.30. The quantitative estimate of drug-likeness (QED) is 0.147. The zero-order valence-corrected chi connectivity index (χ0v) is 49.6. The van der Waals surface area contributed by atoms with Gasteiger partial charge in [0.2, 0.25) is 0 Å². The monoisotopic (exact) mass is 1030 g/mol. The van der Waals surface area contributed by atoms with Crippen LogP contribution < -0.4 is 25.5 Å². The number of aromatic nitrogens is 1. The summed E-state index contributed by atoms with van der Waals surface area (Å²) in [6, 6.07) is 50.9. The number of hydrogen-bond donors (Lipinski definition) is 0. The summed E-state index contributed by atoms with van der Waals surface area (Å²) in [6.07, 6.45) is 3.70. The fourth-order valence-corrected chi connectivity index (χ4v) is 16.0. The molecular weight excluding hydrogens is 950 g/mol. The van der Waals surface area contributed by atoms with Crippen LogP contribution in [0, 0.1) is 13.8 Å². The summed E-state index contributed by atoms with van der Waals surface area (Å²) in [5, 5.41) is 2.75. The number of rotatable bonds is 7. The van der Waals surface area contributed by atoms with Crippen LogP contribution in [0.3, 0.4) is 0 Å². The minimum Gasteiger partial charge on any atom is -0.310 e. The van der Waals surface area contributed by atoms with E-state index in [0.29, 0.717) is 17.8 Å². The standard InChI is InChI=1S/C72H78BN3S/c1-41(2)48-35-52(42(3)4)65(53(36-48)43(5)6)76-59-39-57-56(71(15)30-31-72(57,16)40-71)38-54(59)63-68(76)75(58-28-22-47(34-45(58)8)46-20-18-17-19-21-46)61-33-44(7)32-60-64(61)73(63)67-66(55-37-50(70(12,13)14)25-29-62(55)77-67)74(60)51-26-23-49(24-27-51)69(9,10)11/h17-29,32-39,41-43H,30-31,40H2,1-16H3. The van der Waals surface area contributed by atoms with Gasteiger partial charge in [-0.1, -0.05) is 164 Å². The van der Waals surface area contributed by atoms with Crippen molar-refractivity contribution in [2.45, 2.75) is 169 Å². The first-order chi connectivity index (χ1) is 36.5. The average molecular weight is 1030 g/mol. The Kier molecular flexibility index (Phi) is 11.2. The molecule has 0 saturated heterocycles. The highest BCUT2D eigenvalue weighted by Crippen LogP contribution is 2.62. The van der Waals surface area contributed by atoms with Gasteiger partial charge >= 0.3 is 0 Å². The molecule has 2 atom stereocenters. The van der Waals surface area contributed by atoms with Crippen LogP contribution >= 0.6 is 11.3 Å². The van der Waals surface area contributed by atoms with Gasteiger partial charge in [-0.25, -0.2) is 0 Å². The smallest absolute Gasteiger partial charge is 0.267 e. The van der Waals surface area contributed by atoms with Crippen LogP contribution in [0.15, 0.2) is 127 Å². The lowest BCUT2D eigenvalue weighted by atomic mass is 9.36. The van der Waals surface area contributed by atoms with Crippen molar-refractivity contribution in [3.8, 4) is 16.8 Å². The second-order valence-corrected chi connectivity index (χ2v) is 28.6. The van der Waals surface area contributed by atoms with Gasteiger partial charge in [0.25, 0.3) is 6.71 Å². The molecule has 1 saturated carbocycles. The number of nitrogens with zero attached hydrogens (tertiary/aromatic N) is 3. The van der Waals surface area contributed by atoms with Gasteiger partial charge in [0.15, 0.2) is 0 Å². The van der Waals surface area contributed by atoms with E-state index < -0.39 is 0 Å². The van der Waals surface area contributed by atoms with Gasteiger partial charge in [-0.15, -0.1) is 11.3 Å². The van der Waals surface area contributed by atoms with E-state index in [4.69, 9.17) is 0 Å². The predicted molar refractivity (Wildman–Crippen MR) is 336 cm³/mol. The zero-order chi connectivity index (χ0) is 54.2. The molecule has 9 aromatic rings. The van der Waals surface area contributed by atoms with Crippen LogP contribution in [0.4, 0.5) is 34.3 Å². The minimum absolute atomic E-state index is 0.0156. The van der Waals surface area contributed by atoms with Crippen LogP contribution in [0.5, 0.6) is 0 Å². The van der Waals surface area contributed by atoms with E-state index in [-0.39, 0.29) is 28.4 Å². The van der Waals surface area contributed by atoms with E-state index in [2.05, 4.69) is 253 Å². The van der Waals surface area contributed by atoms with Crippen molar-refractivity contribution in [3.05, 3.63) is 177 Å². The van der Waals surface area contributed by atoms with E-state index >= 15 is 0 Å². The molecule has 2 aliphatic carbocycles. The van der Waals surface area contributed by atoms with E-state index in [1.54, 1.807) is 11.1 Å². The van der Waals surface area contributed by atoms with Gasteiger partial charge in [0, 0.05) is 31.9 Å². The SMILES string of the molecule is Cc1cc2c3c(c1)N(c1ccc(-c4ccccc4)cc1C)c1c(c4cc5c(cc4n1-c1c(C(C)C)cc(C(C)C)cc1C(C)C)C1(C)CCC5(C)C1)B3c1sc3ccc(C(C)(C)C)cc3c1N2c1ccc(C(C)(C)C)cc1. The molecule has 2 unspecified atom stereocenters. The van der Waals surface area contributed by atoms with E-state index in [1.165, 1.54) is 146 Å². The van der Waals surface area contributed by atoms with Crippen LogP contribution in [0.2, 0.25) is 0 Å². The predicted octanol–water partition coefficient (Wildman–Crippen LogP) is 18.9. The highest BCUT2D eigenvalue weighted by Gasteiger charge is 2.55.